The Balaban J connectivity index is 2.41. The minimum Gasteiger partial charge on any atom is -0.461 e. The summed E-state index contributed by atoms with van der Waals surface area (Å²) in [4.78, 5) is 16.4. The molecule has 0 N–H and O–H groups in total. The summed E-state index contributed by atoms with van der Waals surface area (Å²) in [6.45, 7) is 7.44. The number of hydrogen-bond acceptors (Lipinski definition) is 3. The number of hydrogen-bond donors (Lipinski definition) is 0. The largest absolute Gasteiger partial charge is 0.461 e. The van der Waals surface area contributed by atoms with Gasteiger partial charge in [-0.25, -0.2) is 9.78 Å². The summed E-state index contributed by atoms with van der Waals surface area (Å²) < 4.78 is 7.17. The Morgan fingerprint density at radius 1 is 1.28 bits per heavy atom. The Kier molecular flexibility index (Phi) is 3.36. The first-order chi connectivity index (χ1) is 8.50. The van der Waals surface area contributed by atoms with Crippen molar-refractivity contribution in [2.24, 2.45) is 0 Å². The predicted octanol–water partition coefficient (Wildman–Crippen LogP) is 2.86. The molecule has 1 heterocycles. The third-order valence-corrected chi connectivity index (χ3v) is 2.85. The Morgan fingerprint density at radius 2 is 1.94 bits per heavy atom. The first-order valence-electron chi connectivity index (χ1n) is 6.14. The van der Waals surface area contributed by atoms with Crippen molar-refractivity contribution in [3.8, 4) is 0 Å². The summed E-state index contributed by atoms with van der Waals surface area (Å²) in [7, 11) is 0. The molecule has 0 saturated carbocycles. The van der Waals surface area contributed by atoms with Gasteiger partial charge in [-0.3, -0.25) is 0 Å². The van der Waals surface area contributed by atoms with E-state index >= 15 is 0 Å². The van der Waals surface area contributed by atoms with E-state index < -0.39 is 0 Å². The van der Waals surface area contributed by atoms with E-state index in [-0.39, 0.29) is 18.1 Å². The first kappa shape index (κ1) is 12.6. The second kappa shape index (κ2) is 4.80. The summed E-state index contributed by atoms with van der Waals surface area (Å²) in [5, 5.41) is 0. The molecule has 0 aliphatic heterocycles. The van der Waals surface area contributed by atoms with Crippen molar-refractivity contribution in [1.29, 1.82) is 0 Å². The number of fused-ring (bicyclic) bond motifs is 1. The molecule has 0 aliphatic carbocycles. The van der Waals surface area contributed by atoms with Gasteiger partial charge in [-0.2, -0.15) is 0 Å². The van der Waals surface area contributed by atoms with Crippen molar-refractivity contribution < 1.29 is 9.53 Å². The van der Waals surface area contributed by atoms with E-state index in [1.807, 2.05) is 56.5 Å². The Bertz CT molecular complexity index is 572. The highest BCUT2D eigenvalue weighted by atomic mass is 16.5. The van der Waals surface area contributed by atoms with Crippen LogP contribution < -0.4 is 0 Å². The van der Waals surface area contributed by atoms with Crippen molar-refractivity contribution in [3.05, 3.63) is 30.1 Å². The van der Waals surface area contributed by atoms with Crippen LogP contribution in [0.4, 0.5) is 0 Å². The number of imidazole rings is 1. The molecular weight excluding hydrogens is 228 g/mol. The first-order valence-corrected chi connectivity index (χ1v) is 6.14. The number of carbonyl (C=O) groups excluding carboxylic acids is 1. The molecule has 0 unspecified atom stereocenters. The SMILES string of the molecule is Cc1nc2ccccc2n1[C@@H](C)C(=O)OC(C)C. The third kappa shape index (κ3) is 2.23. The average Bonchev–Trinajstić information content (AvgIpc) is 2.63. The van der Waals surface area contributed by atoms with Crippen LogP contribution in [0.25, 0.3) is 11.0 Å². The molecule has 1 aromatic carbocycles. The molecule has 0 saturated heterocycles. The fourth-order valence-electron chi connectivity index (χ4n) is 2.09. The van der Waals surface area contributed by atoms with Gasteiger partial charge >= 0.3 is 5.97 Å². The number of para-hydroxylation sites is 2. The van der Waals surface area contributed by atoms with Crippen molar-refractivity contribution >= 4 is 17.0 Å². The lowest BCUT2D eigenvalue weighted by Crippen LogP contribution is -2.22. The van der Waals surface area contributed by atoms with Crippen LogP contribution in [0.5, 0.6) is 0 Å². The van der Waals surface area contributed by atoms with Gasteiger partial charge in [-0.15, -0.1) is 0 Å². The number of benzene rings is 1. The lowest BCUT2D eigenvalue weighted by molar-refractivity contribution is -0.150. The topological polar surface area (TPSA) is 44.1 Å². The Labute approximate surface area is 107 Å². The lowest BCUT2D eigenvalue weighted by atomic mass is 10.2. The average molecular weight is 246 g/mol. The van der Waals surface area contributed by atoms with Crippen LogP contribution >= 0.6 is 0 Å². The summed E-state index contributed by atoms with van der Waals surface area (Å²) in [5.74, 6) is 0.598. The molecule has 4 heteroatoms. The molecule has 0 amide bonds. The molecule has 0 bridgehead atoms. The highest BCUT2D eigenvalue weighted by molar-refractivity contribution is 5.81. The zero-order valence-corrected chi connectivity index (χ0v) is 11.2. The maximum atomic E-state index is 12.0. The number of ether oxygens (including phenoxy) is 1. The number of rotatable bonds is 3. The maximum Gasteiger partial charge on any atom is 0.329 e. The molecule has 0 spiro atoms. The molecule has 2 rings (SSSR count). The number of aryl methyl sites for hydroxylation is 1. The van der Waals surface area contributed by atoms with Gasteiger partial charge in [-0.1, -0.05) is 12.1 Å². The number of aromatic nitrogens is 2. The van der Waals surface area contributed by atoms with E-state index in [4.69, 9.17) is 4.74 Å². The van der Waals surface area contributed by atoms with E-state index in [9.17, 15) is 4.79 Å². The highest BCUT2D eigenvalue weighted by Gasteiger charge is 2.21. The van der Waals surface area contributed by atoms with E-state index in [1.165, 1.54) is 0 Å². The van der Waals surface area contributed by atoms with Crippen LogP contribution in [-0.4, -0.2) is 21.6 Å². The van der Waals surface area contributed by atoms with Crippen LogP contribution in [0.1, 0.15) is 32.6 Å². The van der Waals surface area contributed by atoms with Gasteiger partial charge in [0, 0.05) is 0 Å². The maximum absolute atomic E-state index is 12.0. The quantitative estimate of drug-likeness (QED) is 0.782. The molecule has 1 atom stereocenters. The van der Waals surface area contributed by atoms with Gasteiger partial charge in [0.2, 0.25) is 0 Å². The van der Waals surface area contributed by atoms with Crippen LogP contribution in [-0.2, 0) is 9.53 Å². The van der Waals surface area contributed by atoms with E-state index in [0.29, 0.717) is 0 Å². The van der Waals surface area contributed by atoms with Crippen molar-refractivity contribution in [1.82, 2.24) is 9.55 Å². The van der Waals surface area contributed by atoms with Gasteiger partial charge in [0.25, 0.3) is 0 Å². The van der Waals surface area contributed by atoms with E-state index in [0.717, 1.165) is 16.9 Å². The van der Waals surface area contributed by atoms with Gasteiger partial charge in [0.15, 0.2) is 0 Å². The molecule has 4 nitrogen and oxygen atoms in total. The molecule has 0 aliphatic rings. The summed E-state index contributed by atoms with van der Waals surface area (Å²) in [6, 6.07) is 7.43. The zero-order chi connectivity index (χ0) is 13.3. The van der Waals surface area contributed by atoms with Crippen LogP contribution in [0.2, 0.25) is 0 Å². The van der Waals surface area contributed by atoms with Crippen molar-refractivity contribution in [3.63, 3.8) is 0 Å². The van der Waals surface area contributed by atoms with Gasteiger partial charge < -0.3 is 9.30 Å². The molecule has 0 fully saturated rings. The van der Waals surface area contributed by atoms with E-state index in [1.54, 1.807) is 0 Å². The number of carbonyl (C=O) groups is 1. The second-order valence-electron chi connectivity index (χ2n) is 4.68. The fraction of sp³-hybridized carbons (Fsp3) is 0.429. The summed E-state index contributed by atoms with van der Waals surface area (Å²) in [6.07, 6.45) is -0.102. The van der Waals surface area contributed by atoms with Crippen LogP contribution in [0.3, 0.4) is 0 Å². The standard InChI is InChI=1S/C14H18N2O2/c1-9(2)18-14(17)10(3)16-11(4)15-12-7-5-6-8-13(12)16/h5-10H,1-4H3/t10-/m0/s1. The third-order valence-electron chi connectivity index (χ3n) is 2.85. The second-order valence-corrected chi connectivity index (χ2v) is 4.68. The molecule has 0 radical (unpaired) electrons. The van der Waals surface area contributed by atoms with Gasteiger partial charge in [-0.05, 0) is 39.8 Å². The number of esters is 1. The normalized spacial score (nSPS) is 12.9. The minimum absolute atomic E-state index is 0.102. The monoisotopic (exact) mass is 246 g/mol. The number of nitrogens with zero attached hydrogens (tertiary/aromatic N) is 2. The van der Waals surface area contributed by atoms with Crippen LogP contribution in [0.15, 0.2) is 24.3 Å². The molecule has 96 valence electrons. The molecule has 2 aromatic rings. The lowest BCUT2D eigenvalue weighted by Gasteiger charge is -2.17. The highest BCUT2D eigenvalue weighted by Crippen LogP contribution is 2.21. The predicted molar refractivity (Wildman–Crippen MR) is 70.4 cm³/mol. The minimum atomic E-state index is -0.361. The summed E-state index contributed by atoms with van der Waals surface area (Å²) >= 11 is 0. The fourth-order valence-corrected chi connectivity index (χ4v) is 2.09. The zero-order valence-electron chi connectivity index (χ0n) is 11.2. The van der Waals surface area contributed by atoms with Crippen molar-refractivity contribution in [2.45, 2.75) is 39.8 Å². The molecular formula is C14H18N2O2. The smallest absolute Gasteiger partial charge is 0.329 e. The Hall–Kier alpha value is -1.84. The Morgan fingerprint density at radius 3 is 2.61 bits per heavy atom. The van der Waals surface area contributed by atoms with Gasteiger partial charge in [0.1, 0.15) is 11.9 Å². The van der Waals surface area contributed by atoms with Crippen LogP contribution in [0, 0.1) is 6.92 Å². The van der Waals surface area contributed by atoms with Crippen molar-refractivity contribution in [2.75, 3.05) is 0 Å². The molecule has 1 aromatic heterocycles. The summed E-state index contributed by atoms with van der Waals surface area (Å²) in [5.41, 5.74) is 1.86. The van der Waals surface area contributed by atoms with Gasteiger partial charge in [0.05, 0.1) is 17.1 Å². The van der Waals surface area contributed by atoms with E-state index in [2.05, 4.69) is 4.98 Å². The molecule has 18 heavy (non-hydrogen) atoms.